The topological polar surface area (TPSA) is 0 Å². The van der Waals surface area contributed by atoms with E-state index in [1.807, 2.05) is 0 Å². The summed E-state index contributed by atoms with van der Waals surface area (Å²) in [5.74, 6) is 0. The smallest absolute Gasteiger partial charge is 0.0714 e. The average Bonchev–Trinajstić information content (AvgIpc) is 2.96. The molecule has 0 N–H and O–H groups in total. The highest BCUT2D eigenvalue weighted by Gasteiger charge is 2.44. The van der Waals surface area contributed by atoms with Crippen LogP contribution < -0.4 is 0 Å². The van der Waals surface area contributed by atoms with E-state index in [2.05, 4.69) is 77.2 Å². The Balaban J connectivity index is 2.06. The lowest BCUT2D eigenvalue weighted by atomic mass is 10.1. The average molecular weight is 295 g/mol. The van der Waals surface area contributed by atoms with Crippen LogP contribution in [-0.4, -0.2) is 8.07 Å². The standard InChI is InChI=1S/C20H26Si/c1-13-14(2)16(4)20(15(13)3)21(5,6)19-12-11-17-9-7-8-10-18(17)19/h7-12,19-20H,1-6H3. The van der Waals surface area contributed by atoms with Crippen LogP contribution in [0.2, 0.25) is 18.6 Å². The van der Waals surface area contributed by atoms with Gasteiger partial charge in [0.2, 0.25) is 0 Å². The minimum atomic E-state index is -1.50. The third-order valence-corrected chi connectivity index (χ3v) is 10.4. The maximum Gasteiger partial charge on any atom is 0.0714 e. The van der Waals surface area contributed by atoms with E-state index in [1.54, 1.807) is 16.7 Å². The van der Waals surface area contributed by atoms with Crippen molar-refractivity contribution in [2.24, 2.45) is 0 Å². The van der Waals surface area contributed by atoms with Crippen molar-refractivity contribution in [3.05, 3.63) is 63.8 Å². The molecule has 0 saturated heterocycles. The highest BCUT2D eigenvalue weighted by atomic mass is 28.3. The fourth-order valence-corrected chi connectivity index (χ4v) is 9.22. The van der Waals surface area contributed by atoms with Crippen LogP contribution in [0.4, 0.5) is 0 Å². The maximum absolute atomic E-state index is 2.58. The molecule has 3 rings (SSSR count). The minimum Gasteiger partial charge on any atom is -0.0791 e. The summed E-state index contributed by atoms with van der Waals surface area (Å²) in [6.07, 6.45) is 4.81. The molecule has 0 nitrogen and oxygen atoms in total. The fourth-order valence-electron chi connectivity index (χ4n) is 4.54. The normalized spacial score (nSPS) is 22.5. The first-order chi connectivity index (χ1) is 9.85. The minimum absolute atomic E-state index is 0.641. The van der Waals surface area contributed by atoms with Gasteiger partial charge in [0.1, 0.15) is 0 Å². The molecule has 0 aromatic heterocycles. The van der Waals surface area contributed by atoms with Crippen LogP contribution >= 0.6 is 0 Å². The number of fused-ring (bicyclic) bond motifs is 1. The number of hydrogen-bond acceptors (Lipinski definition) is 0. The molecular formula is C20H26Si. The summed E-state index contributed by atoms with van der Waals surface area (Å²) in [6, 6.07) is 8.94. The lowest BCUT2D eigenvalue weighted by Gasteiger charge is -2.37. The van der Waals surface area contributed by atoms with Crippen LogP contribution in [0, 0.1) is 0 Å². The van der Waals surface area contributed by atoms with Gasteiger partial charge in [0.25, 0.3) is 0 Å². The molecule has 0 fully saturated rings. The maximum atomic E-state index is 2.58. The van der Waals surface area contributed by atoms with Crippen molar-refractivity contribution in [3.63, 3.8) is 0 Å². The van der Waals surface area contributed by atoms with Crippen LogP contribution in [0.5, 0.6) is 0 Å². The second-order valence-electron chi connectivity index (χ2n) is 7.34. The quantitative estimate of drug-likeness (QED) is 0.578. The molecule has 2 aliphatic rings. The summed E-state index contributed by atoms with van der Waals surface area (Å²) >= 11 is 0. The van der Waals surface area contributed by atoms with E-state index in [4.69, 9.17) is 0 Å². The summed E-state index contributed by atoms with van der Waals surface area (Å²) in [7, 11) is -1.50. The molecule has 1 atom stereocenters. The van der Waals surface area contributed by atoms with Gasteiger partial charge in [0.05, 0.1) is 8.07 Å². The Kier molecular flexibility index (Phi) is 3.36. The summed E-state index contributed by atoms with van der Waals surface area (Å²) < 4.78 is 0. The molecule has 1 heteroatoms. The van der Waals surface area contributed by atoms with Gasteiger partial charge in [-0.2, -0.15) is 0 Å². The third-order valence-electron chi connectivity index (χ3n) is 5.96. The number of rotatable bonds is 2. The SMILES string of the molecule is CC1=C(C)C([Si](C)(C)C2C=Cc3ccccc32)C(C)=C1C. The van der Waals surface area contributed by atoms with E-state index in [9.17, 15) is 0 Å². The zero-order valence-electron chi connectivity index (χ0n) is 14.1. The number of benzene rings is 1. The van der Waals surface area contributed by atoms with Crippen molar-refractivity contribution in [3.8, 4) is 0 Å². The largest absolute Gasteiger partial charge is 0.0791 e. The van der Waals surface area contributed by atoms with Crippen molar-refractivity contribution in [2.75, 3.05) is 0 Å². The van der Waals surface area contributed by atoms with Gasteiger partial charge in [-0.1, -0.05) is 60.7 Å². The van der Waals surface area contributed by atoms with Crippen molar-refractivity contribution in [1.29, 1.82) is 0 Å². The van der Waals surface area contributed by atoms with Crippen molar-refractivity contribution >= 4 is 14.1 Å². The van der Waals surface area contributed by atoms with Crippen molar-refractivity contribution in [1.82, 2.24) is 0 Å². The van der Waals surface area contributed by atoms with Gasteiger partial charge in [-0.15, -0.1) is 0 Å². The molecule has 0 bridgehead atoms. The molecule has 110 valence electrons. The van der Waals surface area contributed by atoms with Gasteiger partial charge < -0.3 is 0 Å². The summed E-state index contributed by atoms with van der Waals surface area (Å²) in [4.78, 5) is 0. The Morgan fingerprint density at radius 1 is 0.857 bits per heavy atom. The first-order valence-electron chi connectivity index (χ1n) is 7.98. The van der Waals surface area contributed by atoms with Gasteiger partial charge in [-0.3, -0.25) is 0 Å². The van der Waals surface area contributed by atoms with E-state index in [0.29, 0.717) is 11.1 Å². The summed E-state index contributed by atoms with van der Waals surface area (Å²) in [6.45, 7) is 14.5. The highest BCUT2D eigenvalue weighted by Crippen LogP contribution is 2.52. The Labute approximate surface area is 130 Å². The van der Waals surface area contributed by atoms with E-state index in [0.717, 1.165) is 0 Å². The molecule has 21 heavy (non-hydrogen) atoms. The predicted molar refractivity (Wildman–Crippen MR) is 96.2 cm³/mol. The van der Waals surface area contributed by atoms with Crippen molar-refractivity contribution in [2.45, 2.75) is 51.9 Å². The Bertz CT molecular complexity index is 662. The van der Waals surface area contributed by atoms with Crippen LogP contribution in [0.1, 0.15) is 44.4 Å². The molecular weight excluding hydrogens is 268 g/mol. The Morgan fingerprint density at radius 2 is 1.43 bits per heavy atom. The molecule has 1 aromatic carbocycles. The highest BCUT2D eigenvalue weighted by molar-refractivity contribution is 6.82. The molecule has 0 radical (unpaired) electrons. The number of hydrogen-bond donors (Lipinski definition) is 0. The first kappa shape index (κ1) is 14.6. The fraction of sp³-hybridized carbons (Fsp3) is 0.400. The lowest BCUT2D eigenvalue weighted by molar-refractivity contribution is 1.00. The van der Waals surface area contributed by atoms with E-state index in [1.165, 1.54) is 16.7 Å². The zero-order valence-corrected chi connectivity index (χ0v) is 15.1. The number of allylic oxidation sites excluding steroid dienone is 5. The van der Waals surface area contributed by atoms with Gasteiger partial charge in [0, 0.05) is 0 Å². The molecule has 2 aliphatic carbocycles. The Hall–Kier alpha value is -1.34. The van der Waals surface area contributed by atoms with Gasteiger partial charge in [-0.25, -0.2) is 0 Å². The second-order valence-corrected chi connectivity index (χ2v) is 12.2. The van der Waals surface area contributed by atoms with E-state index < -0.39 is 8.07 Å². The molecule has 0 amide bonds. The van der Waals surface area contributed by atoms with Gasteiger partial charge in [0.15, 0.2) is 0 Å². The summed E-state index contributed by atoms with van der Waals surface area (Å²) in [5.41, 5.74) is 10.6. The first-order valence-corrected chi connectivity index (χ1v) is 11.1. The molecule has 0 spiro atoms. The van der Waals surface area contributed by atoms with Crippen LogP contribution in [0.3, 0.4) is 0 Å². The second kappa shape index (κ2) is 4.84. The molecule has 1 unspecified atom stereocenters. The predicted octanol–water partition coefficient (Wildman–Crippen LogP) is 6.10. The van der Waals surface area contributed by atoms with E-state index >= 15 is 0 Å². The molecule has 0 aliphatic heterocycles. The third kappa shape index (κ3) is 2.02. The zero-order chi connectivity index (χ0) is 15.4. The van der Waals surface area contributed by atoms with Gasteiger partial charge in [-0.05, 0) is 61.1 Å². The van der Waals surface area contributed by atoms with E-state index in [-0.39, 0.29) is 0 Å². The Morgan fingerprint density at radius 3 is 2.05 bits per heavy atom. The van der Waals surface area contributed by atoms with Crippen LogP contribution in [-0.2, 0) is 0 Å². The lowest BCUT2D eigenvalue weighted by Crippen LogP contribution is -2.39. The monoisotopic (exact) mass is 294 g/mol. The van der Waals surface area contributed by atoms with Gasteiger partial charge >= 0.3 is 0 Å². The summed E-state index contributed by atoms with van der Waals surface area (Å²) in [5, 5.41) is 0. The molecule has 1 aromatic rings. The van der Waals surface area contributed by atoms with Crippen LogP contribution in [0.15, 0.2) is 52.6 Å². The van der Waals surface area contributed by atoms with Crippen LogP contribution in [0.25, 0.3) is 6.08 Å². The molecule has 0 saturated carbocycles. The van der Waals surface area contributed by atoms with Crippen molar-refractivity contribution < 1.29 is 0 Å². The molecule has 0 heterocycles.